The first-order chi connectivity index (χ1) is 6.93. The quantitative estimate of drug-likeness (QED) is 0.256. The summed E-state index contributed by atoms with van der Waals surface area (Å²) in [7, 11) is 0. The molecule has 0 aliphatic carbocycles. The van der Waals surface area contributed by atoms with Crippen LogP contribution in [-0.4, -0.2) is 51.5 Å². The average Bonchev–Trinajstić information content (AvgIpc) is 2.25. The molecule has 0 saturated carbocycles. The van der Waals surface area contributed by atoms with Crippen molar-refractivity contribution in [3.8, 4) is 0 Å². The lowest BCUT2D eigenvalue weighted by atomic mass is 10.2. The average molecular weight is 220 g/mol. The lowest BCUT2D eigenvalue weighted by molar-refractivity contribution is -0.198. The molecule has 0 aromatic carbocycles. The van der Waals surface area contributed by atoms with Crippen molar-refractivity contribution >= 4 is 5.97 Å². The van der Waals surface area contributed by atoms with Crippen LogP contribution in [0.5, 0.6) is 0 Å². The van der Waals surface area contributed by atoms with Crippen LogP contribution in [0.15, 0.2) is 11.6 Å². The van der Waals surface area contributed by atoms with E-state index in [1.807, 2.05) is 0 Å². The smallest absolute Gasteiger partial charge is 0.335 e. The third-order valence-electron chi connectivity index (χ3n) is 1.86. The summed E-state index contributed by atoms with van der Waals surface area (Å²) >= 11 is 0. The summed E-state index contributed by atoms with van der Waals surface area (Å²) in [4.78, 5) is 11.1. The Bertz CT molecular complexity index is 237. The Morgan fingerprint density at radius 1 is 1.40 bits per heavy atom. The van der Waals surface area contributed by atoms with Gasteiger partial charge in [0.1, 0.15) is 12.2 Å². The van der Waals surface area contributed by atoms with Gasteiger partial charge in [-0.3, -0.25) is 0 Å². The second-order valence-electron chi connectivity index (χ2n) is 3.01. The van der Waals surface area contributed by atoms with Crippen molar-refractivity contribution in [1.82, 2.24) is 0 Å². The fraction of sp³-hybridized carbons (Fsp3) is 0.667. The molecule has 0 amide bonds. The van der Waals surface area contributed by atoms with E-state index in [0.717, 1.165) is 0 Å². The Kier molecular flexibility index (Phi) is 6.11. The maximum absolute atomic E-state index is 11.1. The number of allylic oxidation sites excluding steroid dienone is 1. The van der Waals surface area contributed by atoms with Gasteiger partial charge in [-0.2, -0.15) is 0 Å². The predicted octanol–water partition coefficient (Wildman–Crippen LogP) is -1.47. The zero-order valence-electron chi connectivity index (χ0n) is 8.62. The first kappa shape index (κ1) is 14.1. The van der Waals surface area contributed by atoms with Crippen molar-refractivity contribution in [3.05, 3.63) is 11.6 Å². The SMILES string of the molecule is CC=C(C)C(=O)OC(O)[C@@H](O)[C@@H](O)CO. The van der Waals surface area contributed by atoms with E-state index in [4.69, 9.17) is 20.4 Å². The minimum absolute atomic E-state index is 0.264. The Hall–Kier alpha value is -0.950. The maximum Gasteiger partial charge on any atom is 0.335 e. The first-order valence-electron chi connectivity index (χ1n) is 4.43. The molecule has 0 aliphatic heterocycles. The van der Waals surface area contributed by atoms with Gasteiger partial charge in [-0.25, -0.2) is 4.79 Å². The van der Waals surface area contributed by atoms with Gasteiger partial charge in [0.15, 0.2) is 0 Å². The predicted molar refractivity (Wildman–Crippen MR) is 50.6 cm³/mol. The van der Waals surface area contributed by atoms with E-state index in [0.29, 0.717) is 0 Å². The van der Waals surface area contributed by atoms with Crippen molar-refractivity contribution in [2.75, 3.05) is 6.61 Å². The van der Waals surface area contributed by atoms with Crippen molar-refractivity contribution in [2.24, 2.45) is 0 Å². The molecule has 0 bridgehead atoms. The van der Waals surface area contributed by atoms with Crippen molar-refractivity contribution in [1.29, 1.82) is 0 Å². The largest absolute Gasteiger partial charge is 0.430 e. The molecule has 88 valence electrons. The van der Waals surface area contributed by atoms with Gasteiger partial charge in [-0.05, 0) is 13.8 Å². The van der Waals surface area contributed by atoms with Crippen LogP contribution >= 0.6 is 0 Å². The highest BCUT2D eigenvalue weighted by Gasteiger charge is 2.27. The fourth-order valence-electron chi connectivity index (χ4n) is 0.688. The van der Waals surface area contributed by atoms with E-state index in [2.05, 4.69) is 4.74 Å². The number of hydrogen-bond donors (Lipinski definition) is 4. The normalized spacial score (nSPS) is 18.1. The number of hydrogen-bond acceptors (Lipinski definition) is 6. The number of esters is 1. The highest BCUT2D eigenvalue weighted by Crippen LogP contribution is 2.05. The molecule has 0 fully saturated rings. The Labute approximate surface area is 87.4 Å². The van der Waals surface area contributed by atoms with E-state index in [1.54, 1.807) is 6.92 Å². The van der Waals surface area contributed by atoms with Gasteiger partial charge in [0.25, 0.3) is 0 Å². The zero-order chi connectivity index (χ0) is 12.0. The van der Waals surface area contributed by atoms with Gasteiger partial charge in [0.05, 0.1) is 6.61 Å². The number of ether oxygens (including phenoxy) is 1. The Morgan fingerprint density at radius 2 is 1.93 bits per heavy atom. The Balaban J connectivity index is 4.24. The van der Waals surface area contributed by atoms with Crippen molar-refractivity contribution in [3.63, 3.8) is 0 Å². The second-order valence-corrected chi connectivity index (χ2v) is 3.01. The number of aliphatic hydroxyl groups excluding tert-OH is 4. The molecule has 15 heavy (non-hydrogen) atoms. The van der Waals surface area contributed by atoms with Crippen molar-refractivity contribution < 1.29 is 30.0 Å². The monoisotopic (exact) mass is 220 g/mol. The molecule has 0 rings (SSSR count). The number of carbonyl (C=O) groups is 1. The molecule has 0 spiro atoms. The van der Waals surface area contributed by atoms with Crippen LogP contribution in [0.25, 0.3) is 0 Å². The lowest BCUT2D eigenvalue weighted by Gasteiger charge is -2.21. The number of rotatable bonds is 5. The molecule has 3 atom stereocenters. The molecular weight excluding hydrogens is 204 g/mol. The van der Waals surface area contributed by atoms with E-state index in [9.17, 15) is 4.79 Å². The van der Waals surface area contributed by atoms with Crippen LogP contribution in [0.1, 0.15) is 13.8 Å². The zero-order valence-corrected chi connectivity index (χ0v) is 8.62. The third kappa shape index (κ3) is 4.39. The maximum atomic E-state index is 11.1. The van der Waals surface area contributed by atoms with Crippen molar-refractivity contribution in [2.45, 2.75) is 32.3 Å². The molecule has 0 aromatic heterocycles. The minimum Gasteiger partial charge on any atom is -0.430 e. The van der Waals surface area contributed by atoms with Gasteiger partial charge >= 0.3 is 5.97 Å². The van der Waals surface area contributed by atoms with Gasteiger partial charge in [-0.1, -0.05) is 6.08 Å². The van der Waals surface area contributed by atoms with Gasteiger partial charge in [0, 0.05) is 5.57 Å². The van der Waals surface area contributed by atoms with E-state index < -0.39 is 31.1 Å². The topological polar surface area (TPSA) is 107 Å². The summed E-state index contributed by atoms with van der Waals surface area (Å²) in [5.41, 5.74) is 0.264. The first-order valence-corrected chi connectivity index (χ1v) is 4.43. The van der Waals surface area contributed by atoms with Crippen LogP contribution in [0, 0.1) is 0 Å². The number of aliphatic hydroxyl groups is 4. The standard InChI is InChI=1S/C9H16O6/c1-3-5(2)8(13)15-9(14)7(12)6(11)4-10/h3,6-7,9-12,14H,4H2,1-2H3/t6-,7-,9?/m0/s1. The van der Waals surface area contributed by atoms with Crippen LogP contribution in [-0.2, 0) is 9.53 Å². The van der Waals surface area contributed by atoms with E-state index in [1.165, 1.54) is 13.0 Å². The summed E-state index contributed by atoms with van der Waals surface area (Å²) in [5, 5.41) is 35.7. The molecular formula is C9H16O6. The van der Waals surface area contributed by atoms with Crippen LogP contribution in [0.4, 0.5) is 0 Å². The molecule has 0 heterocycles. The summed E-state index contributed by atoms with van der Waals surface area (Å²) in [6.45, 7) is 2.35. The molecule has 4 N–H and O–H groups in total. The molecule has 0 aromatic rings. The third-order valence-corrected chi connectivity index (χ3v) is 1.86. The molecule has 1 unspecified atom stereocenters. The number of carbonyl (C=O) groups excluding carboxylic acids is 1. The summed E-state index contributed by atoms with van der Waals surface area (Å²) in [6.07, 6.45) is -3.68. The van der Waals surface area contributed by atoms with E-state index >= 15 is 0 Å². The van der Waals surface area contributed by atoms with Gasteiger partial charge in [-0.15, -0.1) is 0 Å². The van der Waals surface area contributed by atoms with Gasteiger partial charge < -0.3 is 25.2 Å². The van der Waals surface area contributed by atoms with Gasteiger partial charge in [0.2, 0.25) is 6.29 Å². The lowest BCUT2D eigenvalue weighted by Crippen LogP contribution is -2.42. The Morgan fingerprint density at radius 3 is 2.33 bits per heavy atom. The van der Waals surface area contributed by atoms with Crippen LogP contribution in [0.3, 0.4) is 0 Å². The summed E-state index contributed by atoms with van der Waals surface area (Å²) < 4.78 is 4.42. The van der Waals surface area contributed by atoms with E-state index in [-0.39, 0.29) is 5.57 Å². The molecule has 0 radical (unpaired) electrons. The summed E-state index contributed by atoms with van der Waals surface area (Å²) in [5.74, 6) is -0.797. The molecule has 6 heteroatoms. The van der Waals surface area contributed by atoms with Crippen LogP contribution < -0.4 is 0 Å². The minimum atomic E-state index is -1.87. The highest BCUT2D eigenvalue weighted by atomic mass is 16.6. The molecule has 0 aliphatic rings. The highest BCUT2D eigenvalue weighted by molar-refractivity contribution is 5.87. The summed E-state index contributed by atoms with van der Waals surface area (Å²) in [6, 6.07) is 0. The second kappa shape index (κ2) is 6.52. The fourth-order valence-corrected chi connectivity index (χ4v) is 0.688. The molecule has 0 saturated heterocycles. The molecule has 6 nitrogen and oxygen atoms in total. The van der Waals surface area contributed by atoms with Crippen LogP contribution in [0.2, 0.25) is 0 Å².